The summed E-state index contributed by atoms with van der Waals surface area (Å²) in [6.07, 6.45) is 2.89. The van der Waals surface area contributed by atoms with Gasteiger partial charge < -0.3 is 14.4 Å². The van der Waals surface area contributed by atoms with E-state index in [0.717, 1.165) is 5.56 Å². The Kier molecular flexibility index (Phi) is 5.40. The van der Waals surface area contributed by atoms with Crippen LogP contribution in [0.25, 0.3) is 6.08 Å². The molecule has 0 radical (unpaired) electrons. The fraction of sp³-hybridized carbons (Fsp3) is 0.353. The van der Waals surface area contributed by atoms with Gasteiger partial charge in [-0.25, -0.2) is 8.42 Å². The topological polar surface area (TPSA) is 76.2 Å². The van der Waals surface area contributed by atoms with Crippen LogP contribution in [0.15, 0.2) is 47.8 Å². The van der Waals surface area contributed by atoms with Crippen LogP contribution < -0.4 is 0 Å². The van der Waals surface area contributed by atoms with Crippen molar-refractivity contribution >= 4 is 22.0 Å². The van der Waals surface area contributed by atoms with E-state index in [-0.39, 0.29) is 24.8 Å². The molecule has 2 aliphatic rings. The molecule has 1 amide bonds. The van der Waals surface area contributed by atoms with Crippen molar-refractivity contribution in [3.8, 4) is 0 Å². The zero-order valence-corrected chi connectivity index (χ0v) is 14.5. The van der Waals surface area contributed by atoms with E-state index in [0.29, 0.717) is 26.3 Å². The maximum absolute atomic E-state index is 12.4. The molecule has 2 aliphatic heterocycles. The normalized spacial score (nSPS) is 19.2. The SMILES string of the molecule is O=C(C1=COCCO1)N1CCN(S(=O)(=O)/C=C/c2ccccc2)CC1. The summed E-state index contributed by atoms with van der Waals surface area (Å²) in [5.41, 5.74) is 0.821. The van der Waals surface area contributed by atoms with Crippen molar-refractivity contribution in [2.45, 2.75) is 0 Å². The summed E-state index contributed by atoms with van der Waals surface area (Å²) in [6.45, 7) is 1.91. The molecule has 1 aromatic carbocycles. The lowest BCUT2D eigenvalue weighted by molar-refractivity contribution is -0.133. The fourth-order valence-electron chi connectivity index (χ4n) is 2.60. The third kappa shape index (κ3) is 4.40. The predicted octanol–water partition coefficient (Wildman–Crippen LogP) is 1.02. The number of benzene rings is 1. The number of hydrogen-bond donors (Lipinski definition) is 0. The number of piperazine rings is 1. The van der Waals surface area contributed by atoms with E-state index in [1.54, 1.807) is 11.0 Å². The number of rotatable bonds is 4. The average molecular weight is 364 g/mol. The van der Waals surface area contributed by atoms with E-state index in [9.17, 15) is 13.2 Å². The summed E-state index contributed by atoms with van der Waals surface area (Å²) < 4.78 is 36.6. The van der Waals surface area contributed by atoms with Crippen LogP contribution >= 0.6 is 0 Å². The molecule has 0 bridgehead atoms. The zero-order chi connectivity index (χ0) is 17.7. The van der Waals surface area contributed by atoms with Gasteiger partial charge in [-0.15, -0.1) is 0 Å². The summed E-state index contributed by atoms with van der Waals surface area (Å²) in [5.74, 6) is -0.0943. The molecule has 1 saturated heterocycles. The molecule has 0 spiro atoms. The van der Waals surface area contributed by atoms with Crippen molar-refractivity contribution in [2.75, 3.05) is 39.4 Å². The second-order valence-electron chi connectivity index (χ2n) is 5.65. The highest BCUT2D eigenvalue weighted by atomic mass is 32.2. The third-order valence-corrected chi connectivity index (χ3v) is 5.54. The highest BCUT2D eigenvalue weighted by molar-refractivity contribution is 7.92. The van der Waals surface area contributed by atoms with E-state index in [2.05, 4.69) is 0 Å². The lowest BCUT2D eigenvalue weighted by Crippen LogP contribution is -2.50. The zero-order valence-electron chi connectivity index (χ0n) is 13.7. The van der Waals surface area contributed by atoms with Crippen LogP contribution in [0.4, 0.5) is 0 Å². The van der Waals surface area contributed by atoms with E-state index < -0.39 is 10.0 Å². The molecule has 0 N–H and O–H groups in total. The lowest BCUT2D eigenvalue weighted by atomic mass is 10.2. The highest BCUT2D eigenvalue weighted by Gasteiger charge is 2.29. The summed E-state index contributed by atoms with van der Waals surface area (Å²) in [5, 5.41) is 1.21. The third-order valence-electron chi connectivity index (χ3n) is 3.98. The Morgan fingerprint density at radius 3 is 2.40 bits per heavy atom. The van der Waals surface area contributed by atoms with Gasteiger partial charge in [0.05, 0.1) is 0 Å². The Bertz CT molecular complexity index is 765. The molecule has 0 atom stereocenters. The first-order chi connectivity index (χ1) is 12.1. The van der Waals surface area contributed by atoms with E-state index in [1.165, 1.54) is 16.0 Å². The Hall–Kier alpha value is -2.32. The average Bonchev–Trinajstić information content (AvgIpc) is 2.67. The predicted molar refractivity (Wildman–Crippen MR) is 92.5 cm³/mol. The quantitative estimate of drug-likeness (QED) is 0.797. The molecular weight excluding hydrogens is 344 g/mol. The van der Waals surface area contributed by atoms with Crippen LogP contribution in [0.1, 0.15) is 5.56 Å². The molecule has 2 heterocycles. The molecular formula is C17H20N2O5S. The summed E-state index contributed by atoms with van der Waals surface area (Å²) in [6, 6.07) is 9.24. The maximum Gasteiger partial charge on any atom is 0.292 e. The number of ether oxygens (including phenoxy) is 2. The molecule has 7 nitrogen and oxygen atoms in total. The molecule has 134 valence electrons. The van der Waals surface area contributed by atoms with Gasteiger partial charge in [0.15, 0.2) is 0 Å². The Morgan fingerprint density at radius 2 is 1.76 bits per heavy atom. The van der Waals surface area contributed by atoms with Gasteiger partial charge in [0.25, 0.3) is 5.91 Å². The maximum atomic E-state index is 12.4. The van der Waals surface area contributed by atoms with Gasteiger partial charge in [-0.2, -0.15) is 4.31 Å². The van der Waals surface area contributed by atoms with Crippen molar-refractivity contribution in [1.82, 2.24) is 9.21 Å². The van der Waals surface area contributed by atoms with Crippen molar-refractivity contribution < 1.29 is 22.7 Å². The molecule has 25 heavy (non-hydrogen) atoms. The van der Waals surface area contributed by atoms with Gasteiger partial charge in [-0.1, -0.05) is 30.3 Å². The molecule has 1 aromatic rings. The minimum absolute atomic E-state index is 0.173. The monoisotopic (exact) mass is 364 g/mol. The summed E-state index contributed by atoms with van der Waals surface area (Å²) >= 11 is 0. The van der Waals surface area contributed by atoms with E-state index >= 15 is 0 Å². The van der Waals surface area contributed by atoms with E-state index in [1.807, 2.05) is 30.3 Å². The van der Waals surface area contributed by atoms with Gasteiger partial charge in [-0.05, 0) is 11.6 Å². The number of hydrogen-bond acceptors (Lipinski definition) is 5. The first-order valence-electron chi connectivity index (χ1n) is 8.03. The second kappa shape index (κ2) is 7.71. The number of carbonyl (C=O) groups excluding carboxylic acids is 1. The summed E-state index contributed by atoms with van der Waals surface area (Å²) in [4.78, 5) is 13.9. The minimum atomic E-state index is -3.51. The largest absolute Gasteiger partial charge is 0.494 e. The van der Waals surface area contributed by atoms with Crippen molar-refractivity contribution in [3.63, 3.8) is 0 Å². The first-order valence-corrected chi connectivity index (χ1v) is 9.54. The molecule has 0 saturated carbocycles. The fourth-order valence-corrected chi connectivity index (χ4v) is 3.77. The van der Waals surface area contributed by atoms with Crippen LogP contribution in [0.3, 0.4) is 0 Å². The van der Waals surface area contributed by atoms with Crippen molar-refractivity contribution in [1.29, 1.82) is 0 Å². The molecule has 0 aromatic heterocycles. The molecule has 1 fully saturated rings. The first kappa shape index (κ1) is 17.5. The van der Waals surface area contributed by atoms with Crippen LogP contribution in [0, 0.1) is 0 Å². The van der Waals surface area contributed by atoms with Gasteiger partial charge >= 0.3 is 0 Å². The lowest BCUT2D eigenvalue weighted by Gasteiger charge is -2.33. The van der Waals surface area contributed by atoms with Crippen LogP contribution in [-0.4, -0.2) is 62.9 Å². The number of amides is 1. The van der Waals surface area contributed by atoms with Crippen molar-refractivity contribution in [2.24, 2.45) is 0 Å². The van der Waals surface area contributed by atoms with Crippen molar-refractivity contribution in [3.05, 3.63) is 53.3 Å². The van der Waals surface area contributed by atoms with Gasteiger partial charge in [0.2, 0.25) is 15.8 Å². The summed E-state index contributed by atoms with van der Waals surface area (Å²) in [7, 11) is -3.51. The van der Waals surface area contributed by atoms with E-state index in [4.69, 9.17) is 9.47 Å². The molecule has 3 rings (SSSR count). The molecule has 0 aliphatic carbocycles. The number of carbonyl (C=O) groups is 1. The Balaban J connectivity index is 1.58. The second-order valence-corrected chi connectivity index (χ2v) is 7.47. The minimum Gasteiger partial charge on any atom is -0.494 e. The number of nitrogens with zero attached hydrogens (tertiary/aromatic N) is 2. The van der Waals surface area contributed by atoms with Crippen LogP contribution in [0.5, 0.6) is 0 Å². The molecule has 8 heteroatoms. The Labute approximate surface area is 147 Å². The van der Waals surface area contributed by atoms with Gasteiger partial charge in [0.1, 0.15) is 19.5 Å². The van der Waals surface area contributed by atoms with Crippen LogP contribution in [0.2, 0.25) is 0 Å². The molecule has 0 unspecified atom stereocenters. The number of sulfonamides is 1. The standard InChI is InChI=1S/C17H20N2O5S/c20-17(16-14-23-11-12-24-16)18-7-9-19(10-8-18)25(21,22)13-6-15-4-2-1-3-5-15/h1-6,13-14H,7-12H2/b13-6+. The highest BCUT2D eigenvalue weighted by Crippen LogP contribution is 2.15. The smallest absolute Gasteiger partial charge is 0.292 e. The van der Waals surface area contributed by atoms with Gasteiger partial charge in [0, 0.05) is 31.6 Å². The van der Waals surface area contributed by atoms with Gasteiger partial charge in [-0.3, -0.25) is 4.79 Å². The van der Waals surface area contributed by atoms with Crippen LogP contribution in [-0.2, 0) is 24.3 Å². The Morgan fingerprint density at radius 1 is 1.04 bits per heavy atom.